The molecule has 0 spiro atoms. The van der Waals surface area contributed by atoms with E-state index in [4.69, 9.17) is 0 Å². The fourth-order valence-corrected chi connectivity index (χ4v) is 6.02. The molecule has 37 heavy (non-hydrogen) atoms. The SMILES string of the molecule is CCCC(CC)c1ccc(CC)cc1/C=C/C(=O)c1c(C(CC)CCC)ccc(O)c1C(CC)CCC. The highest BCUT2D eigenvalue weighted by atomic mass is 16.3. The number of allylic oxidation sites excluding steroid dienone is 1. The number of carbonyl (C=O) groups is 1. The summed E-state index contributed by atoms with van der Waals surface area (Å²) in [4.78, 5) is 14.1. The first-order chi connectivity index (χ1) is 17.9. The average molecular weight is 505 g/mol. The topological polar surface area (TPSA) is 37.3 Å². The lowest BCUT2D eigenvalue weighted by Gasteiger charge is -2.25. The molecule has 0 aliphatic heterocycles. The zero-order chi connectivity index (χ0) is 27.4. The van der Waals surface area contributed by atoms with Crippen LogP contribution in [0.2, 0.25) is 0 Å². The number of phenolic OH excluding ortho intramolecular Hbond substituents is 1. The van der Waals surface area contributed by atoms with Gasteiger partial charge in [-0.25, -0.2) is 0 Å². The Morgan fingerprint density at radius 3 is 1.84 bits per heavy atom. The summed E-state index contributed by atoms with van der Waals surface area (Å²) in [6, 6.07) is 10.6. The van der Waals surface area contributed by atoms with E-state index in [-0.39, 0.29) is 17.5 Å². The van der Waals surface area contributed by atoms with Gasteiger partial charge in [0.2, 0.25) is 0 Å². The summed E-state index contributed by atoms with van der Waals surface area (Å²) in [5.41, 5.74) is 6.54. The summed E-state index contributed by atoms with van der Waals surface area (Å²) in [6.45, 7) is 15.4. The maximum atomic E-state index is 14.1. The molecule has 2 aromatic rings. The maximum Gasteiger partial charge on any atom is 0.186 e. The molecule has 0 aliphatic carbocycles. The van der Waals surface area contributed by atoms with Crippen LogP contribution in [0.15, 0.2) is 36.4 Å². The van der Waals surface area contributed by atoms with Gasteiger partial charge in [0.25, 0.3) is 0 Å². The Morgan fingerprint density at radius 2 is 1.30 bits per heavy atom. The van der Waals surface area contributed by atoms with E-state index in [1.54, 1.807) is 6.08 Å². The van der Waals surface area contributed by atoms with E-state index in [0.717, 1.165) is 86.5 Å². The van der Waals surface area contributed by atoms with E-state index in [1.165, 1.54) is 11.1 Å². The second kappa shape index (κ2) is 15.8. The standard InChI is InChI=1S/C35H52O2/c1-8-15-26(12-5)30-20-18-25(11-4)24-29(30)19-22-33(37)35-31(27(13-6)16-9-2)21-23-32(36)34(35)28(14-7)17-10-3/h18-24,26-28,36H,8-17H2,1-7H3/b22-19+. The highest BCUT2D eigenvalue weighted by Crippen LogP contribution is 2.40. The zero-order valence-corrected chi connectivity index (χ0v) is 24.7. The molecule has 1 N–H and O–H groups in total. The van der Waals surface area contributed by atoms with E-state index in [9.17, 15) is 9.90 Å². The molecule has 2 nitrogen and oxygen atoms in total. The van der Waals surface area contributed by atoms with Crippen LogP contribution in [-0.4, -0.2) is 10.9 Å². The van der Waals surface area contributed by atoms with E-state index in [2.05, 4.69) is 66.7 Å². The summed E-state index contributed by atoms with van der Waals surface area (Å²) in [5, 5.41) is 11.1. The highest BCUT2D eigenvalue weighted by Gasteiger charge is 2.26. The molecule has 0 saturated heterocycles. The van der Waals surface area contributed by atoms with Crippen molar-refractivity contribution in [1.82, 2.24) is 0 Å². The third kappa shape index (κ3) is 7.82. The monoisotopic (exact) mass is 504 g/mol. The first-order valence-corrected chi connectivity index (χ1v) is 15.1. The molecule has 0 bridgehead atoms. The van der Waals surface area contributed by atoms with Gasteiger partial charge >= 0.3 is 0 Å². The summed E-state index contributed by atoms with van der Waals surface area (Å²) in [7, 11) is 0. The van der Waals surface area contributed by atoms with Crippen molar-refractivity contribution < 1.29 is 9.90 Å². The van der Waals surface area contributed by atoms with Crippen LogP contribution in [0.4, 0.5) is 0 Å². The number of benzene rings is 2. The number of carbonyl (C=O) groups excluding carboxylic acids is 1. The Bertz CT molecular complexity index is 1020. The van der Waals surface area contributed by atoms with Gasteiger partial charge in [0.05, 0.1) is 0 Å². The fraction of sp³-hybridized carbons (Fsp3) is 0.571. The van der Waals surface area contributed by atoms with Crippen LogP contribution >= 0.6 is 0 Å². The van der Waals surface area contributed by atoms with E-state index in [0.29, 0.717) is 11.8 Å². The molecule has 0 fully saturated rings. The fourth-order valence-electron chi connectivity index (χ4n) is 6.02. The first-order valence-electron chi connectivity index (χ1n) is 15.1. The predicted molar refractivity (Wildman–Crippen MR) is 161 cm³/mol. The largest absolute Gasteiger partial charge is 0.508 e. The van der Waals surface area contributed by atoms with Gasteiger partial charge in [0, 0.05) is 11.1 Å². The van der Waals surface area contributed by atoms with Crippen LogP contribution in [0.1, 0.15) is 162 Å². The summed E-state index contributed by atoms with van der Waals surface area (Å²) < 4.78 is 0. The van der Waals surface area contributed by atoms with Gasteiger partial charge in [-0.15, -0.1) is 0 Å². The number of rotatable bonds is 16. The van der Waals surface area contributed by atoms with Gasteiger partial charge in [0.15, 0.2) is 5.78 Å². The molecule has 204 valence electrons. The second-order valence-corrected chi connectivity index (χ2v) is 10.7. The third-order valence-corrected chi connectivity index (χ3v) is 8.15. The van der Waals surface area contributed by atoms with Crippen LogP contribution in [0.25, 0.3) is 6.08 Å². The van der Waals surface area contributed by atoms with Gasteiger partial charge in [0.1, 0.15) is 5.75 Å². The number of hydrogen-bond donors (Lipinski definition) is 1. The van der Waals surface area contributed by atoms with Gasteiger partial charge in [-0.3, -0.25) is 4.79 Å². The molecule has 2 heteroatoms. The third-order valence-electron chi connectivity index (χ3n) is 8.15. The van der Waals surface area contributed by atoms with Crippen LogP contribution in [0, 0.1) is 0 Å². The van der Waals surface area contributed by atoms with Crippen LogP contribution < -0.4 is 0 Å². The van der Waals surface area contributed by atoms with Crippen LogP contribution in [-0.2, 0) is 6.42 Å². The Balaban J connectivity index is 2.69. The van der Waals surface area contributed by atoms with Crippen molar-refractivity contribution in [3.05, 3.63) is 69.8 Å². The lowest BCUT2D eigenvalue weighted by molar-refractivity contribution is 0.104. The molecule has 0 saturated carbocycles. The molecule has 3 atom stereocenters. The van der Waals surface area contributed by atoms with Crippen molar-refractivity contribution in [2.75, 3.05) is 0 Å². The molecule has 0 aliphatic rings. The Labute approximate surface area is 227 Å². The van der Waals surface area contributed by atoms with Crippen molar-refractivity contribution in [2.24, 2.45) is 0 Å². The lowest BCUT2D eigenvalue weighted by Crippen LogP contribution is -2.13. The zero-order valence-electron chi connectivity index (χ0n) is 24.7. The van der Waals surface area contributed by atoms with Gasteiger partial charge in [-0.2, -0.15) is 0 Å². The number of phenols is 1. The summed E-state index contributed by atoms with van der Waals surface area (Å²) in [5.74, 6) is 1.31. The molecule has 0 radical (unpaired) electrons. The number of aryl methyl sites for hydroxylation is 1. The predicted octanol–water partition coefficient (Wildman–Crippen LogP) is 10.7. The first kappa shape index (κ1) is 30.9. The molecular formula is C35H52O2. The minimum absolute atomic E-state index is 0.0291. The highest BCUT2D eigenvalue weighted by molar-refractivity contribution is 6.09. The minimum Gasteiger partial charge on any atom is -0.508 e. The van der Waals surface area contributed by atoms with Crippen molar-refractivity contribution in [1.29, 1.82) is 0 Å². The van der Waals surface area contributed by atoms with Crippen molar-refractivity contribution in [3.8, 4) is 5.75 Å². The molecular weight excluding hydrogens is 452 g/mol. The summed E-state index contributed by atoms with van der Waals surface area (Å²) >= 11 is 0. The number of hydrogen-bond acceptors (Lipinski definition) is 2. The van der Waals surface area contributed by atoms with Crippen molar-refractivity contribution in [2.45, 2.75) is 130 Å². The van der Waals surface area contributed by atoms with Crippen molar-refractivity contribution >= 4 is 11.9 Å². The molecule has 2 rings (SSSR count). The minimum atomic E-state index is 0.0291. The van der Waals surface area contributed by atoms with Crippen LogP contribution in [0.3, 0.4) is 0 Å². The molecule has 0 aromatic heterocycles. The summed E-state index contributed by atoms with van der Waals surface area (Å²) in [6.07, 6.45) is 14.2. The van der Waals surface area contributed by atoms with Crippen LogP contribution in [0.5, 0.6) is 5.75 Å². The van der Waals surface area contributed by atoms with E-state index < -0.39 is 0 Å². The van der Waals surface area contributed by atoms with Crippen molar-refractivity contribution in [3.63, 3.8) is 0 Å². The van der Waals surface area contributed by atoms with Gasteiger partial charge in [-0.1, -0.05) is 98.1 Å². The Kier molecular flexibility index (Phi) is 13.2. The van der Waals surface area contributed by atoms with Gasteiger partial charge in [-0.05, 0) is 97.1 Å². The quantitative estimate of drug-likeness (QED) is 0.182. The number of aromatic hydroxyl groups is 1. The molecule has 0 amide bonds. The van der Waals surface area contributed by atoms with Gasteiger partial charge < -0.3 is 5.11 Å². The lowest BCUT2D eigenvalue weighted by atomic mass is 9.79. The number of ketones is 1. The van der Waals surface area contributed by atoms with E-state index >= 15 is 0 Å². The average Bonchev–Trinajstić information content (AvgIpc) is 2.92. The normalized spacial score (nSPS) is 14.1. The smallest absolute Gasteiger partial charge is 0.186 e. The Hall–Kier alpha value is -2.35. The molecule has 2 aromatic carbocycles. The molecule has 0 heterocycles. The Morgan fingerprint density at radius 1 is 0.757 bits per heavy atom. The van der Waals surface area contributed by atoms with E-state index in [1.807, 2.05) is 18.2 Å². The maximum absolute atomic E-state index is 14.1. The second-order valence-electron chi connectivity index (χ2n) is 10.7. The molecule has 3 unspecified atom stereocenters.